The number of nitrogens with zero attached hydrogens (tertiary/aromatic N) is 2. The number of benzene rings is 2. The van der Waals surface area contributed by atoms with Gasteiger partial charge in [-0.05, 0) is 54.8 Å². The molecule has 2 aromatic carbocycles. The molecule has 5 heteroatoms. The summed E-state index contributed by atoms with van der Waals surface area (Å²) in [6.45, 7) is 2.20. The summed E-state index contributed by atoms with van der Waals surface area (Å²) in [5, 5.41) is 19.2. The van der Waals surface area contributed by atoms with Gasteiger partial charge in [-0.3, -0.25) is 5.32 Å². The van der Waals surface area contributed by atoms with Crippen LogP contribution in [0.1, 0.15) is 31.7 Å². The lowest BCUT2D eigenvalue weighted by Gasteiger charge is -2.01. The van der Waals surface area contributed by atoms with Gasteiger partial charge in [-0.25, -0.2) is 4.79 Å². The Morgan fingerprint density at radius 2 is 1.52 bits per heavy atom. The highest BCUT2D eigenvalue weighted by atomic mass is 16.4. The maximum Gasteiger partial charge on any atom is 0.409 e. The fraction of sp³-hybridized carbons (Fsp3) is 0.278. The molecule has 2 aromatic rings. The Bertz CT molecular complexity index is 649. The molecule has 0 aliphatic heterocycles. The van der Waals surface area contributed by atoms with Crippen LogP contribution in [0.4, 0.5) is 21.9 Å². The van der Waals surface area contributed by atoms with E-state index in [1.807, 2.05) is 12.1 Å². The summed E-state index contributed by atoms with van der Waals surface area (Å²) in [5.41, 5.74) is 3.30. The molecule has 0 unspecified atom stereocenters. The Balaban J connectivity index is 1.93. The van der Waals surface area contributed by atoms with Crippen LogP contribution in [0.5, 0.6) is 0 Å². The summed E-state index contributed by atoms with van der Waals surface area (Å²) in [6.07, 6.45) is 3.72. The minimum atomic E-state index is -1.08. The molecule has 0 saturated carbocycles. The first-order chi connectivity index (χ1) is 11.2. The van der Waals surface area contributed by atoms with Crippen LogP contribution >= 0.6 is 0 Å². The van der Waals surface area contributed by atoms with Crippen molar-refractivity contribution in [3.05, 3.63) is 54.1 Å². The largest absolute Gasteiger partial charge is 0.465 e. The van der Waals surface area contributed by atoms with E-state index >= 15 is 0 Å². The van der Waals surface area contributed by atoms with Crippen molar-refractivity contribution in [1.29, 1.82) is 0 Å². The number of hydrogen-bond acceptors (Lipinski definition) is 3. The van der Waals surface area contributed by atoms with E-state index in [1.165, 1.54) is 24.8 Å². The average Bonchev–Trinajstić information content (AvgIpc) is 2.55. The van der Waals surface area contributed by atoms with Crippen molar-refractivity contribution in [2.45, 2.75) is 32.6 Å². The van der Waals surface area contributed by atoms with Crippen molar-refractivity contribution in [2.75, 3.05) is 5.32 Å². The van der Waals surface area contributed by atoms with Crippen LogP contribution in [0.2, 0.25) is 0 Å². The highest BCUT2D eigenvalue weighted by Crippen LogP contribution is 2.21. The number of hydrogen-bond donors (Lipinski definition) is 2. The van der Waals surface area contributed by atoms with Crippen LogP contribution < -0.4 is 5.32 Å². The molecule has 0 aliphatic carbocycles. The second kappa shape index (κ2) is 8.68. The Kier molecular flexibility index (Phi) is 6.29. The number of anilines is 1. The quantitative estimate of drug-likeness (QED) is 0.491. The topological polar surface area (TPSA) is 74.0 Å². The molecule has 23 heavy (non-hydrogen) atoms. The van der Waals surface area contributed by atoms with Gasteiger partial charge in [0.2, 0.25) is 0 Å². The summed E-state index contributed by atoms with van der Waals surface area (Å²) >= 11 is 0. The van der Waals surface area contributed by atoms with Crippen LogP contribution in [0.15, 0.2) is 58.8 Å². The third-order valence-corrected chi connectivity index (χ3v) is 3.40. The molecule has 0 aliphatic rings. The van der Waals surface area contributed by atoms with Gasteiger partial charge in [0.25, 0.3) is 0 Å². The van der Waals surface area contributed by atoms with Gasteiger partial charge in [0.15, 0.2) is 0 Å². The van der Waals surface area contributed by atoms with E-state index < -0.39 is 6.09 Å². The molecule has 0 heterocycles. The molecule has 0 spiro atoms. The second-order valence-electron chi connectivity index (χ2n) is 5.30. The van der Waals surface area contributed by atoms with E-state index in [4.69, 9.17) is 5.11 Å². The van der Waals surface area contributed by atoms with E-state index in [-0.39, 0.29) is 0 Å². The molecule has 2 rings (SSSR count). The molecule has 0 aromatic heterocycles. The smallest absolute Gasteiger partial charge is 0.409 e. The lowest BCUT2D eigenvalue weighted by molar-refractivity contribution is 0.210. The van der Waals surface area contributed by atoms with Crippen molar-refractivity contribution < 1.29 is 9.90 Å². The lowest BCUT2D eigenvalue weighted by atomic mass is 10.1. The van der Waals surface area contributed by atoms with E-state index in [1.54, 1.807) is 24.3 Å². The predicted octanol–water partition coefficient (Wildman–Crippen LogP) is 5.92. The maximum absolute atomic E-state index is 10.5. The number of aryl methyl sites for hydroxylation is 1. The van der Waals surface area contributed by atoms with E-state index in [0.29, 0.717) is 11.4 Å². The zero-order valence-corrected chi connectivity index (χ0v) is 13.2. The normalized spacial score (nSPS) is 10.8. The van der Waals surface area contributed by atoms with Crippen molar-refractivity contribution >= 4 is 23.2 Å². The van der Waals surface area contributed by atoms with Crippen molar-refractivity contribution in [2.24, 2.45) is 10.2 Å². The Morgan fingerprint density at radius 3 is 2.04 bits per heavy atom. The first kappa shape index (κ1) is 16.7. The minimum absolute atomic E-state index is 0.507. The number of carboxylic acid groups (broad SMARTS) is 1. The maximum atomic E-state index is 10.5. The molecule has 0 bridgehead atoms. The first-order valence-electron chi connectivity index (χ1n) is 7.78. The Hall–Kier alpha value is -2.69. The Morgan fingerprint density at radius 1 is 0.957 bits per heavy atom. The number of amides is 1. The number of nitrogens with one attached hydrogen (secondary N) is 1. The average molecular weight is 311 g/mol. The van der Waals surface area contributed by atoms with Crippen LogP contribution in [-0.4, -0.2) is 11.2 Å². The molecule has 1 amide bonds. The van der Waals surface area contributed by atoms with Crippen LogP contribution in [0.25, 0.3) is 0 Å². The molecule has 0 fully saturated rings. The number of azo groups is 1. The van der Waals surface area contributed by atoms with Gasteiger partial charge >= 0.3 is 6.09 Å². The summed E-state index contributed by atoms with van der Waals surface area (Å²) < 4.78 is 0. The number of carbonyl (C=O) groups is 1. The summed E-state index contributed by atoms with van der Waals surface area (Å²) in [4.78, 5) is 10.5. The van der Waals surface area contributed by atoms with Gasteiger partial charge in [0.1, 0.15) is 0 Å². The highest BCUT2D eigenvalue weighted by molar-refractivity contribution is 5.82. The minimum Gasteiger partial charge on any atom is -0.465 e. The molecule has 0 radical (unpaired) electrons. The van der Waals surface area contributed by atoms with Crippen molar-refractivity contribution in [3.63, 3.8) is 0 Å². The molecule has 2 N–H and O–H groups in total. The van der Waals surface area contributed by atoms with Gasteiger partial charge in [-0.1, -0.05) is 31.9 Å². The van der Waals surface area contributed by atoms with Crippen LogP contribution in [-0.2, 0) is 6.42 Å². The lowest BCUT2D eigenvalue weighted by Crippen LogP contribution is -2.06. The summed E-state index contributed by atoms with van der Waals surface area (Å²) in [7, 11) is 0. The van der Waals surface area contributed by atoms with Crippen LogP contribution in [0.3, 0.4) is 0 Å². The van der Waals surface area contributed by atoms with Gasteiger partial charge in [-0.15, -0.1) is 0 Å². The standard InChI is InChI=1S/C18H21N3O2/c1-2-3-4-5-14-6-8-16(9-7-14)20-21-17-12-10-15(11-13-17)19-18(22)23/h6-13,19H,2-5H2,1H3,(H,22,23). The Labute approximate surface area is 136 Å². The highest BCUT2D eigenvalue weighted by Gasteiger charge is 1.98. The second-order valence-corrected chi connectivity index (χ2v) is 5.30. The third-order valence-electron chi connectivity index (χ3n) is 3.40. The molecule has 0 saturated heterocycles. The fourth-order valence-electron chi connectivity index (χ4n) is 2.16. The molecular formula is C18H21N3O2. The van der Waals surface area contributed by atoms with Crippen molar-refractivity contribution in [3.8, 4) is 0 Å². The summed E-state index contributed by atoms with van der Waals surface area (Å²) in [6, 6.07) is 14.8. The molecule has 5 nitrogen and oxygen atoms in total. The van der Waals surface area contributed by atoms with Crippen molar-refractivity contribution in [1.82, 2.24) is 0 Å². The van der Waals surface area contributed by atoms with Gasteiger partial charge in [0.05, 0.1) is 11.4 Å². The van der Waals surface area contributed by atoms with E-state index in [0.717, 1.165) is 12.1 Å². The number of rotatable bonds is 7. The predicted molar refractivity (Wildman–Crippen MR) is 91.9 cm³/mol. The number of unbranched alkanes of at least 4 members (excludes halogenated alkanes) is 2. The van der Waals surface area contributed by atoms with Gasteiger partial charge in [-0.2, -0.15) is 10.2 Å². The zero-order valence-electron chi connectivity index (χ0n) is 13.2. The fourth-order valence-corrected chi connectivity index (χ4v) is 2.16. The SMILES string of the molecule is CCCCCc1ccc(N=Nc2ccc(NC(=O)O)cc2)cc1. The monoisotopic (exact) mass is 311 g/mol. The summed E-state index contributed by atoms with van der Waals surface area (Å²) in [5.74, 6) is 0. The van der Waals surface area contributed by atoms with Gasteiger partial charge in [0, 0.05) is 5.69 Å². The van der Waals surface area contributed by atoms with E-state index in [9.17, 15) is 4.79 Å². The molecule has 120 valence electrons. The molecular weight excluding hydrogens is 290 g/mol. The zero-order chi connectivity index (χ0) is 16.5. The molecule has 0 atom stereocenters. The van der Waals surface area contributed by atoms with E-state index in [2.05, 4.69) is 34.6 Å². The van der Waals surface area contributed by atoms with Gasteiger partial charge < -0.3 is 5.11 Å². The first-order valence-corrected chi connectivity index (χ1v) is 7.78. The van der Waals surface area contributed by atoms with Crippen LogP contribution in [0, 0.1) is 0 Å². The third kappa shape index (κ3) is 5.90.